The van der Waals surface area contributed by atoms with Gasteiger partial charge in [-0.3, -0.25) is 0 Å². The summed E-state index contributed by atoms with van der Waals surface area (Å²) in [5.41, 5.74) is 5.40. The summed E-state index contributed by atoms with van der Waals surface area (Å²) in [4.78, 5) is 0. The SMILES string of the molecule is CC(C)(C)[Si](C)(C)OCCCC(O)(CN)c1ccc(Cl)c(Cl)c1. The number of benzene rings is 1. The molecule has 132 valence electrons. The first-order valence-electron chi connectivity index (χ1n) is 7.95. The fourth-order valence-corrected chi connectivity index (χ4v) is 3.44. The number of aliphatic hydroxyl groups is 1. The van der Waals surface area contributed by atoms with E-state index < -0.39 is 13.9 Å². The van der Waals surface area contributed by atoms with E-state index in [1.807, 2.05) is 0 Å². The number of halogens is 2. The highest BCUT2D eigenvalue weighted by molar-refractivity contribution is 6.74. The number of hydrogen-bond acceptors (Lipinski definition) is 3. The minimum absolute atomic E-state index is 0.130. The molecule has 6 heteroatoms. The zero-order chi connectivity index (χ0) is 17.9. The van der Waals surface area contributed by atoms with Gasteiger partial charge in [0.15, 0.2) is 8.32 Å². The first-order chi connectivity index (χ1) is 10.4. The Bertz CT molecular complexity index is 532. The molecule has 1 aromatic carbocycles. The predicted molar refractivity (Wildman–Crippen MR) is 102 cm³/mol. The minimum Gasteiger partial charge on any atom is -0.417 e. The van der Waals surface area contributed by atoms with Gasteiger partial charge in [0.25, 0.3) is 0 Å². The molecule has 1 atom stereocenters. The lowest BCUT2D eigenvalue weighted by Crippen LogP contribution is -2.41. The molecular formula is C17H29Cl2NO2Si. The summed E-state index contributed by atoms with van der Waals surface area (Å²) >= 11 is 12.0. The van der Waals surface area contributed by atoms with Gasteiger partial charge >= 0.3 is 0 Å². The van der Waals surface area contributed by atoms with Crippen LogP contribution in [0.2, 0.25) is 28.2 Å². The summed E-state index contributed by atoms with van der Waals surface area (Å²) in [6.07, 6.45) is 1.26. The van der Waals surface area contributed by atoms with Gasteiger partial charge in [-0.2, -0.15) is 0 Å². The highest BCUT2D eigenvalue weighted by Crippen LogP contribution is 2.37. The van der Waals surface area contributed by atoms with Crippen molar-refractivity contribution in [3.63, 3.8) is 0 Å². The highest BCUT2D eigenvalue weighted by Gasteiger charge is 2.37. The Hall–Kier alpha value is -0.103. The maximum absolute atomic E-state index is 10.8. The van der Waals surface area contributed by atoms with E-state index in [1.165, 1.54) is 0 Å². The Morgan fingerprint density at radius 2 is 1.78 bits per heavy atom. The van der Waals surface area contributed by atoms with Crippen molar-refractivity contribution in [3.05, 3.63) is 33.8 Å². The summed E-state index contributed by atoms with van der Waals surface area (Å²) in [5, 5.41) is 11.9. The van der Waals surface area contributed by atoms with Crippen LogP contribution < -0.4 is 5.73 Å². The molecule has 0 amide bonds. The molecule has 0 aliphatic heterocycles. The van der Waals surface area contributed by atoms with Gasteiger partial charge in [0.1, 0.15) is 5.60 Å². The maximum Gasteiger partial charge on any atom is 0.191 e. The molecule has 0 fully saturated rings. The monoisotopic (exact) mass is 377 g/mol. The van der Waals surface area contributed by atoms with Crippen LogP contribution in [0, 0.1) is 0 Å². The van der Waals surface area contributed by atoms with Crippen molar-refractivity contribution in [1.82, 2.24) is 0 Å². The molecule has 1 rings (SSSR count). The summed E-state index contributed by atoms with van der Waals surface area (Å²) in [7, 11) is -1.76. The van der Waals surface area contributed by atoms with Gasteiger partial charge in [-0.25, -0.2) is 0 Å². The molecule has 1 aromatic rings. The summed E-state index contributed by atoms with van der Waals surface area (Å²) in [5.74, 6) is 0. The van der Waals surface area contributed by atoms with E-state index in [4.69, 9.17) is 33.4 Å². The zero-order valence-electron chi connectivity index (χ0n) is 14.7. The molecule has 0 bridgehead atoms. The molecule has 0 saturated carbocycles. The van der Waals surface area contributed by atoms with Crippen molar-refractivity contribution >= 4 is 31.5 Å². The van der Waals surface area contributed by atoms with Crippen molar-refractivity contribution in [2.45, 2.75) is 57.3 Å². The zero-order valence-corrected chi connectivity index (χ0v) is 17.3. The Kier molecular flexibility index (Phi) is 7.15. The Morgan fingerprint density at radius 1 is 1.17 bits per heavy atom. The van der Waals surface area contributed by atoms with Crippen molar-refractivity contribution in [1.29, 1.82) is 0 Å². The Balaban J connectivity index is 2.68. The van der Waals surface area contributed by atoms with E-state index in [1.54, 1.807) is 18.2 Å². The fraction of sp³-hybridized carbons (Fsp3) is 0.647. The molecule has 0 aliphatic carbocycles. The van der Waals surface area contributed by atoms with E-state index in [9.17, 15) is 5.11 Å². The van der Waals surface area contributed by atoms with E-state index in [0.717, 1.165) is 6.42 Å². The molecule has 0 spiro atoms. The number of rotatable bonds is 7. The van der Waals surface area contributed by atoms with Gasteiger partial charge in [0.05, 0.1) is 10.0 Å². The number of nitrogens with two attached hydrogens (primary N) is 1. The van der Waals surface area contributed by atoms with Crippen LogP contribution >= 0.6 is 23.2 Å². The summed E-state index contributed by atoms with van der Waals surface area (Å²) in [6, 6.07) is 5.15. The quantitative estimate of drug-likeness (QED) is 0.522. The van der Waals surface area contributed by atoms with Crippen LogP contribution in [-0.2, 0) is 10.0 Å². The van der Waals surface area contributed by atoms with Gasteiger partial charge in [-0.1, -0.05) is 50.0 Å². The molecule has 0 radical (unpaired) electrons. The molecular weight excluding hydrogens is 349 g/mol. The second-order valence-corrected chi connectivity index (χ2v) is 13.2. The lowest BCUT2D eigenvalue weighted by Gasteiger charge is -2.36. The van der Waals surface area contributed by atoms with Gasteiger partial charge in [0, 0.05) is 13.2 Å². The predicted octanol–water partition coefficient (Wildman–Crippen LogP) is 4.94. The normalized spacial score (nSPS) is 15.5. The van der Waals surface area contributed by atoms with Crippen LogP contribution in [0.5, 0.6) is 0 Å². The summed E-state index contributed by atoms with van der Waals surface area (Å²) < 4.78 is 6.15. The van der Waals surface area contributed by atoms with Gasteiger partial charge in [0.2, 0.25) is 0 Å². The standard InChI is InChI=1S/C17H29Cl2NO2Si/c1-16(2,3)23(4,5)22-10-6-9-17(21,12-20)13-7-8-14(18)15(19)11-13/h7-8,11,21H,6,9-10,12,20H2,1-5H3. The van der Waals surface area contributed by atoms with E-state index in [2.05, 4.69) is 33.9 Å². The molecule has 0 aromatic heterocycles. The third kappa shape index (κ3) is 5.45. The van der Waals surface area contributed by atoms with Crippen molar-refractivity contribution in [2.24, 2.45) is 5.73 Å². The molecule has 0 aliphatic rings. The Morgan fingerprint density at radius 3 is 2.26 bits per heavy atom. The van der Waals surface area contributed by atoms with Crippen molar-refractivity contribution < 1.29 is 9.53 Å². The van der Waals surface area contributed by atoms with Crippen LogP contribution in [0.25, 0.3) is 0 Å². The smallest absolute Gasteiger partial charge is 0.191 e. The largest absolute Gasteiger partial charge is 0.417 e. The number of hydrogen-bond donors (Lipinski definition) is 2. The lowest BCUT2D eigenvalue weighted by atomic mass is 9.89. The molecule has 0 saturated heterocycles. The molecule has 3 N–H and O–H groups in total. The van der Waals surface area contributed by atoms with Crippen LogP contribution in [0.15, 0.2) is 18.2 Å². The average molecular weight is 378 g/mol. The van der Waals surface area contributed by atoms with E-state index in [-0.39, 0.29) is 11.6 Å². The van der Waals surface area contributed by atoms with Crippen LogP contribution in [-0.4, -0.2) is 26.6 Å². The molecule has 1 unspecified atom stereocenters. The first kappa shape index (κ1) is 20.9. The fourth-order valence-electron chi connectivity index (χ4n) is 2.06. The van der Waals surface area contributed by atoms with E-state index >= 15 is 0 Å². The third-order valence-electron chi connectivity index (χ3n) is 4.80. The Labute approximate surface area is 151 Å². The average Bonchev–Trinajstić information content (AvgIpc) is 2.45. The topological polar surface area (TPSA) is 55.5 Å². The van der Waals surface area contributed by atoms with Crippen LogP contribution in [0.4, 0.5) is 0 Å². The minimum atomic E-state index is -1.76. The van der Waals surface area contributed by atoms with Gasteiger partial charge in [-0.15, -0.1) is 0 Å². The highest BCUT2D eigenvalue weighted by atomic mass is 35.5. The van der Waals surface area contributed by atoms with Crippen LogP contribution in [0.3, 0.4) is 0 Å². The molecule has 0 heterocycles. The second kappa shape index (κ2) is 7.85. The van der Waals surface area contributed by atoms with Gasteiger partial charge in [-0.05, 0) is 48.7 Å². The molecule has 23 heavy (non-hydrogen) atoms. The van der Waals surface area contributed by atoms with Crippen molar-refractivity contribution in [2.75, 3.05) is 13.2 Å². The lowest BCUT2D eigenvalue weighted by molar-refractivity contribution is 0.0303. The molecule has 3 nitrogen and oxygen atoms in total. The van der Waals surface area contributed by atoms with E-state index in [0.29, 0.717) is 28.6 Å². The van der Waals surface area contributed by atoms with Crippen molar-refractivity contribution in [3.8, 4) is 0 Å². The summed E-state index contributed by atoms with van der Waals surface area (Å²) in [6.45, 7) is 11.8. The van der Waals surface area contributed by atoms with Gasteiger partial charge < -0.3 is 15.3 Å². The third-order valence-corrected chi connectivity index (χ3v) is 10.1. The maximum atomic E-state index is 10.8. The van der Waals surface area contributed by atoms with Crippen LogP contribution in [0.1, 0.15) is 39.2 Å². The second-order valence-electron chi connectivity index (χ2n) is 7.58. The first-order valence-corrected chi connectivity index (χ1v) is 11.6.